The number of rotatable bonds is 4. The Morgan fingerprint density at radius 3 is 2.87 bits per heavy atom. The third-order valence-electron chi connectivity index (χ3n) is 1.81. The van der Waals surface area contributed by atoms with Crippen LogP contribution in [0, 0.1) is 0 Å². The molecule has 0 aliphatic carbocycles. The van der Waals surface area contributed by atoms with Crippen LogP contribution in [0.4, 0.5) is 5.69 Å². The zero-order chi connectivity index (χ0) is 11.4. The average molecular weight is 211 g/mol. The summed E-state index contributed by atoms with van der Waals surface area (Å²) in [5.74, 6) is 0. The first-order chi connectivity index (χ1) is 7.07. The molecule has 6 heteroatoms. The highest BCUT2D eigenvalue weighted by atomic mass is 16.5. The van der Waals surface area contributed by atoms with Gasteiger partial charge in [-0.2, -0.15) is 0 Å². The van der Waals surface area contributed by atoms with Crippen LogP contribution in [0.3, 0.4) is 0 Å². The van der Waals surface area contributed by atoms with Gasteiger partial charge in [-0.25, -0.2) is 9.36 Å². The van der Waals surface area contributed by atoms with Crippen molar-refractivity contribution in [2.75, 3.05) is 12.3 Å². The maximum atomic E-state index is 11.5. The Labute approximate surface area is 86.2 Å². The van der Waals surface area contributed by atoms with Crippen LogP contribution in [-0.2, 0) is 18.5 Å². The van der Waals surface area contributed by atoms with Gasteiger partial charge in [-0.05, 0) is 0 Å². The molecule has 0 atom stereocenters. The highest BCUT2D eigenvalue weighted by Crippen LogP contribution is 1.87. The topological polar surface area (TPSA) is 79.2 Å². The maximum absolute atomic E-state index is 11.5. The minimum absolute atomic E-state index is 0.0132. The first-order valence-corrected chi connectivity index (χ1v) is 4.32. The Morgan fingerprint density at radius 2 is 2.27 bits per heavy atom. The summed E-state index contributed by atoms with van der Waals surface area (Å²) >= 11 is 0. The number of ether oxygens (including phenoxy) is 1. The van der Waals surface area contributed by atoms with Gasteiger partial charge in [0.1, 0.15) is 12.4 Å². The molecule has 0 saturated carbocycles. The summed E-state index contributed by atoms with van der Waals surface area (Å²) in [5, 5.41) is 0. The Hall–Kier alpha value is -1.82. The quantitative estimate of drug-likeness (QED) is 0.527. The van der Waals surface area contributed by atoms with Crippen molar-refractivity contribution in [1.29, 1.82) is 0 Å². The highest BCUT2D eigenvalue weighted by molar-refractivity contribution is 5.30. The third kappa shape index (κ3) is 2.35. The van der Waals surface area contributed by atoms with Gasteiger partial charge in [0.15, 0.2) is 0 Å². The van der Waals surface area contributed by atoms with E-state index < -0.39 is 11.2 Å². The fourth-order valence-electron chi connectivity index (χ4n) is 1.09. The van der Waals surface area contributed by atoms with Crippen molar-refractivity contribution < 1.29 is 4.74 Å². The lowest BCUT2D eigenvalue weighted by molar-refractivity contribution is 0.0935. The number of nitrogens with two attached hydrogens (primary N) is 1. The van der Waals surface area contributed by atoms with E-state index in [1.54, 1.807) is 0 Å². The van der Waals surface area contributed by atoms with Crippen LogP contribution in [0.25, 0.3) is 0 Å². The van der Waals surface area contributed by atoms with E-state index in [0.717, 1.165) is 4.57 Å². The maximum Gasteiger partial charge on any atom is 0.332 e. The van der Waals surface area contributed by atoms with E-state index >= 15 is 0 Å². The van der Waals surface area contributed by atoms with Gasteiger partial charge in [-0.1, -0.05) is 6.08 Å². The zero-order valence-electron chi connectivity index (χ0n) is 8.47. The van der Waals surface area contributed by atoms with E-state index in [0.29, 0.717) is 0 Å². The number of aryl methyl sites for hydroxylation is 1. The molecule has 0 aromatic carbocycles. The molecule has 0 amide bonds. The number of aromatic nitrogens is 2. The van der Waals surface area contributed by atoms with E-state index in [1.807, 2.05) is 0 Å². The minimum atomic E-state index is -0.540. The summed E-state index contributed by atoms with van der Waals surface area (Å²) in [6.45, 7) is 3.60. The highest BCUT2D eigenvalue weighted by Gasteiger charge is 2.06. The smallest absolute Gasteiger partial charge is 0.332 e. The van der Waals surface area contributed by atoms with E-state index in [2.05, 4.69) is 6.58 Å². The molecular formula is C9H13N3O3. The van der Waals surface area contributed by atoms with Crippen molar-refractivity contribution >= 4 is 5.69 Å². The molecule has 0 fully saturated rings. The number of hydrogen-bond acceptors (Lipinski definition) is 4. The van der Waals surface area contributed by atoms with Gasteiger partial charge >= 0.3 is 5.69 Å². The molecule has 1 heterocycles. The number of anilines is 1. The zero-order valence-corrected chi connectivity index (χ0v) is 8.47. The summed E-state index contributed by atoms with van der Waals surface area (Å²) < 4.78 is 7.18. The van der Waals surface area contributed by atoms with Crippen molar-refractivity contribution in [2.45, 2.75) is 6.73 Å². The molecule has 15 heavy (non-hydrogen) atoms. The van der Waals surface area contributed by atoms with Gasteiger partial charge in [0.25, 0.3) is 5.56 Å². The van der Waals surface area contributed by atoms with Crippen molar-refractivity contribution in [3.05, 3.63) is 39.7 Å². The molecule has 1 aromatic heterocycles. The van der Waals surface area contributed by atoms with Crippen molar-refractivity contribution in [1.82, 2.24) is 9.13 Å². The molecule has 2 N–H and O–H groups in total. The van der Waals surface area contributed by atoms with Crippen LogP contribution in [0.5, 0.6) is 0 Å². The first-order valence-electron chi connectivity index (χ1n) is 4.32. The Morgan fingerprint density at radius 1 is 1.60 bits per heavy atom. The fourth-order valence-corrected chi connectivity index (χ4v) is 1.09. The van der Waals surface area contributed by atoms with Crippen LogP contribution in [0.2, 0.25) is 0 Å². The lowest BCUT2D eigenvalue weighted by Crippen LogP contribution is -2.40. The van der Waals surface area contributed by atoms with Crippen LogP contribution < -0.4 is 17.0 Å². The Kier molecular flexibility index (Phi) is 3.46. The van der Waals surface area contributed by atoms with Crippen LogP contribution >= 0.6 is 0 Å². The summed E-state index contributed by atoms with van der Waals surface area (Å²) in [6, 6.07) is 0. The lowest BCUT2D eigenvalue weighted by atomic mass is 10.5. The van der Waals surface area contributed by atoms with Crippen molar-refractivity contribution in [3.8, 4) is 0 Å². The second-order valence-corrected chi connectivity index (χ2v) is 3.00. The van der Waals surface area contributed by atoms with Crippen molar-refractivity contribution in [3.63, 3.8) is 0 Å². The summed E-state index contributed by atoms with van der Waals surface area (Å²) in [5.41, 5.74) is 4.44. The molecule has 0 radical (unpaired) electrons. The fraction of sp³-hybridized carbons (Fsp3) is 0.333. The lowest BCUT2D eigenvalue weighted by Gasteiger charge is -2.07. The van der Waals surface area contributed by atoms with Gasteiger partial charge in [-0.3, -0.25) is 4.79 Å². The van der Waals surface area contributed by atoms with Gasteiger partial charge < -0.3 is 15.0 Å². The monoisotopic (exact) mass is 211 g/mol. The molecule has 1 aromatic rings. The summed E-state index contributed by atoms with van der Waals surface area (Å²) in [7, 11) is 1.52. The normalized spacial score (nSPS) is 10.2. The predicted octanol–water partition coefficient (Wildman–Crippen LogP) is -0.711. The van der Waals surface area contributed by atoms with Crippen LogP contribution in [-0.4, -0.2) is 15.7 Å². The number of nitrogens with zero attached hydrogens (tertiary/aromatic N) is 2. The molecule has 0 unspecified atom stereocenters. The first kappa shape index (κ1) is 11.3. The number of hydrogen-bond donors (Lipinski definition) is 1. The molecule has 1 rings (SSSR count). The van der Waals surface area contributed by atoms with Gasteiger partial charge in [0, 0.05) is 13.2 Å². The average Bonchev–Trinajstić information content (AvgIpc) is 2.20. The van der Waals surface area contributed by atoms with Gasteiger partial charge in [0.05, 0.1) is 6.61 Å². The SMILES string of the molecule is C=CCOCn1c(=O)c(N)cn(C)c1=O. The minimum Gasteiger partial charge on any atom is -0.393 e. The molecule has 0 aliphatic heterocycles. The summed E-state index contributed by atoms with van der Waals surface area (Å²) in [4.78, 5) is 23.0. The van der Waals surface area contributed by atoms with E-state index in [4.69, 9.17) is 10.5 Å². The second-order valence-electron chi connectivity index (χ2n) is 3.00. The van der Waals surface area contributed by atoms with E-state index in [-0.39, 0.29) is 19.0 Å². The van der Waals surface area contributed by atoms with Gasteiger partial charge in [0.2, 0.25) is 0 Å². The molecular weight excluding hydrogens is 198 g/mol. The standard InChI is InChI=1S/C9H13N3O3/c1-3-4-15-6-12-8(13)7(10)5-11(2)9(12)14/h3,5H,1,4,6,10H2,2H3. The molecule has 0 bridgehead atoms. The predicted molar refractivity (Wildman–Crippen MR) is 56.5 cm³/mol. The van der Waals surface area contributed by atoms with Gasteiger partial charge in [-0.15, -0.1) is 6.58 Å². The van der Waals surface area contributed by atoms with Crippen LogP contribution in [0.15, 0.2) is 28.4 Å². The third-order valence-corrected chi connectivity index (χ3v) is 1.81. The Bertz CT molecular complexity index is 438. The van der Waals surface area contributed by atoms with E-state index in [9.17, 15) is 9.59 Å². The molecule has 0 spiro atoms. The second kappa shape index (κ2) is 4.61. The van der Waals surface area contributed by atoms with Crippen molar-refractivity contribution in [2.24, 2.45) is 7.05 Å². The summed E-state index contributed by atoms with van der Waals surface area (Å²) in [6.07, 6.45) is 2.82. The number of nitrogen functional groups attached to an aromatic ring is 1. The molecule has 82 valence electrons. The molecule has 6 nitrogen and oxygen atoms in total. The van der Waals surface area contributed by atoms with E-state index in [1.165, 1.54) is 23.9 Å². The van der Waals surface area contributed by atoms with Crippen LogP contribution in [0.1, 0.15) is 0 Å². The molecule has 0 aliphatic rings. The molecule has 0 saturated heterocycles. The Balaban J connectivity index is 3.10. The largest absolute Gasteiger partial charge is 0.393 e.